The second kappa shape index (κ2) is 19.7. The van der Waals surface area contributed by atoms with E-state index in [9.17, 15) is 9.59 Å². The Bertz CT molecular complexity index is 357. The molecule has 0 aliphatic carbocycles. The number of esters is 2. The van der Waals surface area contributed by atoms with Crippen molar-refractivity contribution in [2.24, 2.45) is 0 Å². The predicted molar refractivity (Wildman–Crippen MR) is 109 cm³/mol. The van der Waals surface area contributed by atoms with Crippen molar-refractivity contribution in [2.45, 2.75) is 116 Å². The fourth-order valence-corrected chi connectivity index (χ4v) is 2.91. The van der Waals surface area contributed by atoms with Gasteiger partial charge in [0.25, 0.3) is 0 Å². The number of rotatable bonds is 19. The second-order valence-corrected chi connectivity index (χ2v) is 7.34. The highest BCUT2D eigenvalue weighted by atomic mass is 16.6. The van der Waals surface area contributed by atoms with Crippen LogP contribution >= 0.6 is 0 Å². The lowest BCUT2D eigenvalue weighted by Crippen LogP contribution is -2.25. The first kappa shape index (κ1) is 25.9. The Kier molecular flexibility index (Phi) is 18.9. The van der Waals surface area contributed by atoms with Crippen LogP contribution in [0.5, 0.6) is 0 Å². The molecule has 0 saturated heterocycles. The maximum Gasteiger partial charge on any atom is 0.306 e. The standard InChI is InChI=1S/C22H42O5/c1-3-5-7-9-11-16-21(24)26-19-20(15-13-14-18-23)27-22(25)17-12-10-8-6-4-2/h20,23H,3-19H2,1-2H3. The van der Waals surface area contributed by atoms with Crippen LogP contribution in [0, 0.1) is 0 Å². The van der Waals surface area contributed by atoms with Gasteiger partial charge in [-0.05, 0) is 32.1 Å². The van der Waals surface area contributed by atoms with Gasteiger partial charge in [0, 0.05) is 19.4 Å². The van der Waals surface area contributed by atoms with Crippen molar-refractivity contribution >= 4 is 11.9 Å². The first-order valence-electron chi connectivity index (χ1n) is 11.1. The van der Waals surface area contributed by atoms with E-state index in [2.05, 4.69) is 13.8 Å². The molecule has 0 aromatic carbocycles. The molecule has 0 amide bonds. The minimum atomic E-state index is -0.399. The number of aliphatic hydroxyl groups excluding tert-OH is 1. The van der Waals surface area contributed by atoms with Crippen molar-refractivity contribution in [3.8, 4) is 0 Å². The van der Waals surface area contributed by atoms with Crippen LogP contribution in [0.15, 0.2) is 0 Å². The lowest BCUT2D eigenvalue weighted by Gasteiger charge is -2.18. The van der Waals surface area contributed by atoms with Crippen LogP contribution in [0.25, 0.3) is 0 Å². The summed E-state index contributed by atoms with van der Waals surface area (Å²) in [5, 5.41) is 8.93. The number of ether oxygens (including phenoxy) is 2. The fraction of sp³-hybridized carbons (Fsp3) is 0.909. The summed E-state index contributed by atoms with van der Waals surface area (Å²) < 4.78 is 10.8. The quantitative estimate of drug-likeness (QED) is 0.240. The van der Waals surface area contributed by atoms with Gasteiger partial charge in [-0.25, -0.2) is 0 Å². The van der Waals surface area contributed by atoms with E-state index in [0.29, 0.717) is 25.7 Å². The Balaban J connectivity index is 4.07. The fourth-order valence-electron chi connectivity index (χ4n) is 2.91. The minimum Gasteiger partial charge on any atom is -0.462 e. The number of carbonyl (C=O) groups excluding carboxylic acids is 2. The summed E-state index contributed by atoms with van der Waals surface area (Å²) in [5.41, 5.74) is 0. The average molecular weight is 387 g/mol. The molecule has 0 saturated carbocycles. The van der Waals surface area contributed by atoms with Gasteiger partial charge in [0.05, 0.1) is 0 Å². The van der Waals surface area contributed by atoms with Gasteiger partial charge in [0.2, 0.25) is 0 Å². The average Bonchev–Trinajstić information content (AvgIpc) is 2.65. The van der Waals surface area contributed by atoms with E-state index < -0.39 is 6.10 Å². The van der Waals surface area contributed by atoms with Gasteiger partial charge in [0.1, 0.15) is 12.7 Å². The van der Waals surface area contributed by atoms with Gasteiger partial charge in [0.15, 0.2) is 0 Å². The van der Waals surface area contributed by atoms with E-state index in [0.717, 1.165) is 44.9 Å². The Morgan fingerprint density at radius 1 is 0.741 bits per heavy atom. The molecule has 1 unspecified atom stereocenters. The van der Waals surface area contributed by atoms with Crippen molar-refractivity contribution in [1.29, 1.82) is 0 Å². The zero-order valence-corrected chi connectivity index (χ0v) is 17.7. The highest BCUT2D eigenvalue weighted by molar-refractivity contribution is 5.70. The molecule has 160 valence electrons. The highest BCUT2D eigenvalue weighted by Crippen LogP contribution is 2.12. The van der Waals surface area contributed by atoms with Crippen molar-refractivity contribution in [2.75, 3.05) is 13.2 Å². The minimum absolute atomic E-state index is 0.121. The molecule has 0 aromatic rings. The molecular formula is C22H42O5. The van der Waals surface area contributed by atoms with Gasteiger partial charge in [-0.3, -0.25) is 9.59 Å². The van der Waals surface area contributed by atoms with Gasteiger partial charge < -0.3 is 14.6 Å². The molecule has 0 fully saturated rings. The van der Waals surface area contributed by atoms with Gasteiger partial charge >= 0.3 is 11.9 Å². The Morgan fingerprint density at radius 3 is 1.85 bits per heavy atom. The summed E-state index contributed by atoms with van der Waals surface area (Å²) >= 11 is 0. The summed E-state index contributed by atoms with van der Waals surface area (Å²) in [6.07, 6.45) is 13.4. The van der Waals surface area contributed by atoms with E-state index >= 15 is 0 Å². The van der Waals surface area contributed by atoms with Crippen LogP contribution in [-0.2, 0) is 19.1 Å². The van der Waals surface area contributed by atoms with Crippen molar-refractivity contribution in [3.63, 3.8) is 0 Å². The molecule has 1 N–H and O–H groups in total. The van der Waals surface area contributed by atoms with Gasteiger partial charge in [-0.2, -0.15) is 0 Å². The molecule has 0 heterocycles. The van der Waals surface area contributed by atoms with Crippen LogP contribution in [0.4, 0.5) is 0 Å². The summed E-state index contributed by atoms with van der Waals surface area (Å²) in [5.74, 6) is -0.426. The summed E-state index contributed by atoms with van der Waals surface area (Å²) in [4.78, 5) is 23.9. The SMILES string of the molecule is CCCCCCCC(=O)OCC(CCCCO)OC(=O)CCCCCCC. The number of carbonyl (C=O) groups is 2. The zero-order chi connectivity index (χ0) is 20.2. The molecule has 27 heavy (non-hydrogen) atoms. The van der Waals surface area contributed by atoms with E-state index in [1.807, 2.05) is 0 Å². The highest BCUT2D eigenvalue weighted by Gasteiger charge is 2.16. The lowest BCUT2D eigenvalue weighted by molar-refractivity contribution is -0.159. The molecule has 0 aromatic heterocycles. The third kappa shape index (κ3) is 18.0. The van der Waals surface area contributed by atoms with E-state index in [1.54, 1.807) is 0 Å². The van der Waals surface area contributed by atoms with Crippen LogP contribution in [0.1, 0.15) is 110 Å². The maximum atomic E-state index is 12.0. The third-order valence-corrected chi connectivity index (χ3v) is 4.63. The largest absolute Gasteiger partial charge is 0.462 e. The number of unbranched alkanes of at least 4 members (excludes halogenated alkanes) is 9. The molecule has 0 rings (SSSR count). The number of hydrogen-bond donors (Lipinski definition) is 1. The molecular weight excluding hydrogens is 344 g/mol. The Hall–Kier alpha value is -1.10. The summed E-state index contributed by atoms with van der Waals surface area (Å²) in [6.45, 7) is 4.58. The van der Waals surface area contributed by atoms with Crippen LogP contribution in [0.2, 0.25) is 0 Å². The molecule has 0 aliphatic rings. The molecule has 0 bridgehead atoms. The topological polar surface area (TPSA) is 72.8 Å². The zero-order valence-electron chi connectivity index (χ0n) is 17.7. The van der Waals surface area contributed by atoms with Crippen molar-refractivity contribution in [1.82, 2.24) is 0 Å². The molecule has 5 heteroatoms. The lowest BCUT2D eigenvalue weighted by atomic mass is 10.1. The molecule has 0 spiro atoms. The predicted octanol–water partition coefficient (Wildman–Crippen LogP) is 5.33. The molecule has 0 aliphatic heterocycles. The normalized spacial score (nSPS) is 12.0. The summed E-state index contributed by atoms with van der Waals surface area (Å²) in [6, 6.07) is 0. The second-order valence-electron chi connectivity index (χ2n) is 7.34. The van der Waals surface area contributed by atoms with Crippen LogP contribution in [0.3, 0.4) is 0 Å². The van der Waals surface area contributed by atoms with Gasteiger partial charge in [-0.1, -0.05) is 65.2 Å². The van der Waals surface area contributed by atoms with E-state index in [-0.39, 0.29) is 25.2 Å². The number of hydrogen-bond acceptors (Lipinski definition) is 5. The third-order valence-electron chi connectivity index (χ3n) is 4.63. The van der Waals surface area contributed by atoms with Gasteiger partial charge in [-0.15, -0.1) is 0 Å². The van der Waals surface area contributed by atoms with Crippen LogP contribution in [-0.4, -0.2) is 36.4 Å². The number of aliphatic hydroxyl groups is 1. The summed E-state index contributed by atoms with van der Waals surface area (Å²) in [7, 11) is 0. The van der Waals surface area contributed by atoms with Crippen LogP contribution < -0.4 is 0 Å². The monoisotopic (exact) mass is 386 g/mol. The molecule has 0 radical (unpaired) electrons. The molecule has 1 atom stereocenters. The Morgan fingerprint density at radius 2 is 1.30 bits per heavy atom. The molecule has 5 nitrogen and oxygen atoms in total. The first-order chi connectivity index (χ1) is 13.1. The maximum absolute atomic E-state index is 12.0. The first-order valence-corrected chi connectivity index (χ1v) is 11.1. The van der Waals surface area contributed by atoms with E-state index in [4.69, 9.17) is 14.6 Å². The van der Waals surface area contributed by atoms with E-state index in [1.165, 1.54) is 25.7 Å². The van der Waals surface area contributed by atoms with Crippen molar-refractivity contribution < 1.29 is 24.2 Å². The Labute approximate surface area is 166 Å². The van der Waals surface area contributed by atoms with Crippen molar-refractivity contribution in [3.05, 3.63) is 0 Å². The smallest absolute Gasteiger partial charge is 0.306 e.